The molecule has 0 amide bonds. The van der Waals surface area contributed by atoms with E-state index < -0.39 is 0 Å². The fraction of sp³-hybridized carbons (Fsp3) is 0.815. The topological polar surface area (TPSA) is 60.2 Å². The van der Waals surface area contributed by atoms with Crippen LogP contribution in [0.15, 0.2) is 23.4 Å². The van der Waals surface area contributed by atoms with Crippen LogP contribution in [0.4, 0.5) is 0 Å². The van der Waals surface area contributed by atoms with Crippen molar-refractivity contribution in [3.8, 4) is 0 Å². The second-order valence-electron chi connectivity index (χ2n) is 12.0. The van der Waals surface area contributed by atoms with E-state index in [1.54, 1.807) is 0 Å². The summed E-state index contributed by atoms with van der Waals surface area (Å²) in [6, 6.07) is 0. The smallest absolute Gasteiger partial charge is 0.287 e. The summed E-state index contributed by atoms with van der Waals surface area (Å²) in [5.74, 6) is 2.30. The van der Waals surface area contributed by atoms with Crippen LogP contribution in [0, 0.1) is 56.5 Å². The Bertz CT molecular complexity index is 811. The summed E-state index contributed by atoms with van der Waals surface area (Å²) in [5, 5.41) is 12.0. The lowest BCUT2D eigenvalue weighted by molar-refractivity contribution is -0.422. The number of nitrogens with zero attached hydrogens (tertiary/aromatic N) is 1. The molecule has 4 aliphatic carbocycles. The monoisotopic (exact) mass is 427 g/mol. The van der Waals surface area contributed by atoms with E-state index in [2.05, 4.69) is 34.6 Å². The number of allylic oxidation sites excluding steroid dienone is 4. The highest BCUT2D eigenvalue weighted by Gasteiger charge is 2.64. The minimum atomic E-state index is -0.366. The first kappa shape index (κ1) is 22.7. The summed E-state index contributed by atoms with van der Waals surface area (Å²) in [6.45, 7) is 11.6. The summed E-state index contributed by atoms with van der Waals surface area (Å²) >= 11 is 0. The number of fused-ring (bicyclic) bond motifs is 5. The van der Waals surface area contributed by atoms with Crippen LogP contribution < -0.4 is 0 Å². The van der Waals surface area contributed by atoms with Crippen molar-refractivity contribution < 1.29 is 9.72 Å². The molecule has 0 spiro atoms. The number of nitro groups is 1. The molecule has 172 valence electrons. The summed E-state index contributed by atoms with van der Waals surface area (Å²) in [4.78, 5) is 25.4. The fourth-order valence-corrected chi connectivity index (χ4v) is 8.37. The molecule has 4 aliphatic rings. The van der Waals surface area contributed by atoms with Crippen LogP contribution in [0.25, 0.3) is 0 Å². The third kappa shape index (κ3) is 3.53. The number of Topliss-reactive ketones (excluding diaryl/α,β-unsaturated/α-hetero) is 1. The Morgan fingerprint density at radius 3 is 2.52 bits per heavy atom. The predicted octanol–water partition coefficient (Wildman–Crippen LogP) is 6.98. The van der Waals surface area contributed by atoms with Crippen LogP contribution in [0.2, 0.25) is 0 Å². The van der Waals surface area contributed by atoms with Gasteiger partial charge in [-0.3, -0.25) is 14.9 Å². The second kappa shape index (κ2) is 8.15. The van der Waals surface area contributed by atoms with E-state index in [0.29, 0.717) is 17.8 Å². The minimum absolute atomic E-state index is 0.0858. The van der Waals surface area contributed by atoms with E-state index in [1.807, 2.05) is 12.2 Å². The Morgan fingerprint density at radius 2 is 1.84 bits per heavy atom. The van der Waals surface area contributed by atoms with E-state index in [4.69, 9.17) is 0 Å². The van der Waals surface area contributed by atoms with Gasteiger partial charge in [-0.25, -0.2) is 0 Å². The maximum absolute atomic E-state index is 13.7. The molecule has 4 heteroatoms. The van der Waals surface area contributed by atoms with Gasteiger partial charge in [0.05, 0.1) is 4.92 Å². The van der Waals surface area contributed by atoms with E-state index in [9.17, 15) is 14.9 Å². The summed E-state index contributed by atoms with van der Waals surface area (Å²) in [6.07, 6.45) is 14.1. The molecule has 0 saturated heterocycles. The van der Waals surface area contributed by atoms with Crippen LogP contribution in [0.5, 0.6) is 0 Å². The molecule has 0 bridgehead atoms. The van der Waals surface area contributed by atoms with Crippen LogP contribution >= 0.6 is 0 Å². The van der Waals surface area contributed by atoms with Gasteiger partial charge in [-0.15, -0.1) is 0 Å². The highest BCUT2D eigenvalue weighted by atomic mass is 16.6. The first-order valence-electron chi connectivity index (χ1n) is 12.7. The lowest BCUT2D eigenvalue weighted by Crippen LogP contribution is -2.54. The molecule has 7 atom stereocenters. The van der Waals surface area contributed by atoms with E-state index in [1.165, 1.54) is 32.1 Å². The summed E-state index contributed by atoms with van der Waals surface area (Å²) in [7, 11) is 0. The summed E-state index contributed by atoms with van der Waals surface area (Å²) in [5.41, 5.74) is 0.555. The van der Waals surface area contributed by atoms with Crippen molar-refractivity contribution >= 4 is 5.78 Å². The van der Waals surface area contributed by atoms with Gasteiger partial charge in [-0.2, -0.15) is 0 Å². The molecule has 2 saturated carbocycles. The Labute approximate surface area is 188 Å². The molecule has 4 rings (SSSR count). The zero-order valence-corrected chi connectivity index (χ0v) is 20.2. The minimum Gasteiger partial charge on any atom is -0.287 e. The number of ketones is 1. The zero-order valence-electron chi connectivity index (χ0n) is 20.2. The number of rotatable bonds is 6. The molecule has 0 N–H and O–H groups in total. The normalized spacial score (nSPS) is 40.5. The van der Waals surface area contributed by atoms with Crippen molar-refractivity contribution in [2.75, 3.05) is 0 Å². The maximum Gasteiger partial charge on any atom is 0.315 e. The molecular weight excluding hydrogens is 386 g/mol. The van der Waals surface area contributed by atoms with Crippen molar-refractivity contribution in [3.63, 3.8) is 0 Å². The highest BCUT2D eigenvalue weighted by Crippen LogP contribution is 2.67. The van der Waals surface area contributed by atoms with Crippen molar-refractivity contribution in [1.29, 1.82) is 0 Å². The van der Waals surface area contributed by atoms with Crippen molar-refractivity contribution in [3.05, 3.63) is 33.5 Å². The third-order valence-electron chi connectivity index (χ3n) is 9.99. The maximum atomic E-state index is 13.7. The summed E-state index contributed by atoms with van der Waals surface area (Å²) < 4.78 is 0. The fourth-order valence-electron chi connectivity index (χ4n) is 8.37. The van der Waals surface area contributed by atoms with Crippen LogP contribution in [0.3, 0.4) is 0 Å². The van der Waals surface area contributed by atoms with Crippen LogP contribution in [-0.4, -0.2) is 10.7 Å². The van der Waals surface area contributed by atoms with Crippen molar-refractivity contribution in [2.24, 2.45) is 46.3 Å². The van der Waals surface area contributed by atoms with Crippen molar-refractivity contribution in [2.45, 2.75) is 92.4 Å². The number of carbonyl (C=O) groups excluding carboxylic acids is 1. The van der Waals surface area contributed by atoms with E-state index in [0.717, 1.165) is 37.2 Å². The highest BCUT2D eigenvalue weighted by molar-refractivity contribution is 5.98. The van der Waals surface area contributed by atoms with Gasteiger partial charge < -0.3 is 0 Å². The van der Waals surface area contributed by atoms with Crippen LogP contribution in [0.1, 0.15) is 92.4 Å². The van der Waals surface area contributed by atoms with Gasteiger partial charge in [0.2, 0.25) is 5.78 Å². The molecule has 0 aromatic heterocycles. The molecule has 4 nitrogen and oxygen atoms in total. The standard InChI is InChI=1S/C27H41NO3/c1-17(2)9-8-10-18(3)19-12-13-20-23-21(14-16-27(19,20)5)26(4)15-7-6-11-22(26)24(25(23)29)28(30)31/h6,11,17-21,23H,7-10,12-16H2,1-5H3/t18-,19-,20+,21+,23+,26-,27-/m1/s1. The molecule has 2 fully saturated rings. The number of hydrogen-bond acceptors (Lipinski definition) is 3. The van der Waals surface area contributed by atoms with Gasteiger partial charge in [0.25, 0.3) is 0 Å². The van der Waals surface area contributed by atoms with Crippen LogP contribution in [-0.2, 0) is 4.79 Å². The lowest BCUT2D eigenvalue weighted by Gasteiger charge is -2.56. The molecular formula is C27H41NO3. The Morgan fingerprint density at radius 1 is 1.10 bits per heavy atom. The average Bonchev–Trinajstić information content (AvgIpc) is 3.05. The Hall–Kier alpha value is -1.45. The molecule has 0 heterocycles. The van der Waals surface area contributed by atoms with Gasteiger partial charge in [-0.1, -0.05) is 66.0 Å². The van der Waals surface area contributed by atoms with Gasteiger partial charge in [0.1, 0.15) is 0 Å². The van der Waals surface area contributed by atoms with Gasteiger partial charge in [0, 0.05) is 16.9 Å². The largest absolute Gasteiger partial charge is 0.315 e. The molecule has 0 aromatic carbocycles. The van der Waals surface area contributed by atoms with E-state index >= 15 is 0 Å². The van der Waals surface area contributed by atoms with Gasteiger partial charge >= 0.3 is 5.70 Å². The Kier molecular flexibility index (Phi) is 5.98. The van der Waals surface area contributed by atoms with Gasteiger partial charge in [-0.05, 0) is 73.5 Å². The first-order chi connectivity index (χ1) is 14.6. The zero-order chi connectivity index (χ0) is 22.6. The lowest BCUT2D eigenvalue weighted by atomic mass is 9.47. The number of hydrogen-bond donors (Lipinski definition) is 0. The molecule has 0 aliphatic heterocycles. The molecule has 0 unspecified atom stereocenters. The van der Waals surface area contributed by atoms with Crippen molar-refractivity contribution in [1.82, 2.24) is 0 Å². The quantitative estimate of drug-likeness (QED) is 0.339. The average molecular weight is 428 g/mol. The molecule has 31 heavy (non-hydrogen) atoms. The predicted molar refractivity (Wildman–Crippen MR) is 124 cm³/mol. The van der Waals surface area contributed by atoms with E-state index in [-0.39, 0.29) is 39.1 Å². The first-order valence-corrected chi connectivity index (χ1v) is 12.7. The molecule has 0 aromatic rings. The Balaban J connectivity index is 1.64. The number of carbonyl (C=O) groups is 1. The SMILES string of the molecule is CC(C)CCC[C@@H](C)[C@H]1CC[C@H]2[C@@H]3C(=O)C([N+](=O)[O-])=C4C=CCC[C@]4(C)[C@H]3CC[C@]12C. The third-order valence-corrected chi connectivity index (χ3v) is 9.99. The van der Waals surface area contributed by atoms with Gasteiger partial charge in [0.15, 0.2) is 0 Å². The molecule has 0 radical (unpaired) electrons. The second-order valence-corrected chi connectivity index (χ2v) is 12.0.